The third-order valence-corrected chi connectivity index (χ3v) is 4.66. The van der Waals surface area contributed by atoms with Crippen molar-refractivity contribution in [2.75, 3.05) is 10.6 Å². The first-order valence-electron chi connectivity index (χ1n) is 8.20. The molecular formula is C18H21N3O3S. The molecule has 0 unspecified atom stereocenters. The van der Waals surface area contributed by atoms with E-state index >= 15 is 0 Å². The monoisotopic (exact) mass is 359 g/mol. The van der Waals surface area contributed by atoms with E-state index in [4.69, 9.17) is 4.74 Å². The molecule has 1 aliphatic rings. The molecule has 0 bridgehead atoms. The second kappa shape index (κ2) is 6.84. The molecule has 2 aromatic rings. The van der Waals surface area contributed by atoms with Crippen molar-refractivity contribution in [2.24, 2.45) is 0 Å². The molecule has 2 N–H and O–H groups in total. The number of benzene rings is 1. The van der Waals surface area contributed by atoms with Crippen LogP contribution in [0.3, 0.4) is 0 Å². The lowest BCUT2D eigenvalue weighted by Gasteiger charge is -2.19. The van der Waals surface area contributed by atoms with Gasteiger partial charge in [0.2, 0.25) is 0 Å². The second-order valence-corrected chi connectivity index (χ2v) is 7.99. The summed E-state index contributed by atoms with van der Waals surface area (Å²) in [6, 6.07) is 6.72. The number of aromatic nitrogens is 1. The van der Waals surface area contributed by atoms with E-state index < -0.39 is 11.7 Å². The molecule has 132 valence electrons. The first-order chi connectivity index (χ1) is 11.8. The molecule has 0 saturated heterocycles. The van der Waals surface area contributed by atoms with Crippen LogP contribution < -0.4 is 10.6 Å². The molecule has 7 heteroatoms. The van der Waals surface area contributed by atoms with Gasteiger partial charge in [0.15, 0.2) is 5.13 Å². The number of nitrogens with zero attached hydrogens (tertiary/aromatic N) is 1. The lowest BCUT2D eigenvalue weighted by molar-refractivity contribution is 0.0635. The van der Waals surface area contributed by atoms with Crippen LogP contribution in [-0.4, -0.2) is 22.6 Å². The van der Waals surface area contributed by atoms with Crippen LogP contribution in [0.25, 0.3) is 0 Å². The largest absolute Gasteiger partial charge is 0.444 e. The summed E-state index contributed by atoms with van der Waals surface area (Å²) in [5.74, 6) is -0.250. The van der Waals surface area contributed by atoms with Gasteiger partial charge in [-0.3, -0.25) is 15.4 Å². The predicted molar refractivity (Wildman–Crippen MR) is 98.4 cm³/mol. The highest BCUT2D eigenvalue weighted by atomic mass is 32.1. The van der Waals surface area contributed by atoms with Gasteiger partial charge in [0.1, 0.15) is 5.60 Å². The van der Waals surface area contributed by atoms with Crippen LogP contribution in [-0.2, 0) is 17.6 Å². The van der Waals surface area contributed by atoms with Gasteiger partial charge in [0, 0.05) is 16.1 Å². The van der Waals surface area contributed by atoms with Crippen LogP contribution in [0.1, 0.15) is 48.1 Å². The molecule has 0 saturated carbocycles. The van der Waals surface area contributed by atoms with Gasteiger partial charge in [0.05, 0.1) is 5.69 Å². The Morgan fingerprint density at radius 3 is 2.72 bits per heavy atom. The maximum absolute atomic E-state index is 12.4. The lowest BCUT2D eigenvalue weighted by atomic mass is 10.2. The molecule has 0 radical (unpaired) electrons. The molecule has 1 aliphatic carbocycles. The summed E-state index contributed by atoms with van der Waals surface area (Å²) in [6.45, 7) is 5.38. The van der Waals surface area contributed by atoms with Crippen molar-refractivity contribution in [1.82, 2.24) is 4.98 Å². The minimum absolute atomic E-state index is 0.250. The Bertz CT molecular complexity index is 787. The van der Waals surface area contributed by atoms with Crippen LogP contribution in [0.5, 0.6) is 0 Å². The summed E-state index contributed by atoms with van der Waals surface area (Å²) in [5.41, 5.74) is 1.47. The number of hydrogen-bond acceptors (Lipinski definition) is 5. The van der Waals surface area contributed by atoms with E-state index in [1.54, 1.807) is 45.0 Å². The van der Waals surface area contributed by atoms with Crippen molar-refractivity contribution >= 4 is 34.2 Å². The molecule has 1 aromatic heterocycles. The van der Waals surface area contributed by atoms with E-state index in [1.165, 1.54) is 16.2 Å². The van der Waals surface area contributed by atoms with Gasteiger partial charge in [-0.15, -0.1) is 11.3 Å². The minimum Gasteiger partial charge on any atom is -0.444 e. The fraction of sp³-hybridized carbons (Fsp3) is 0.389. The van der Waals surface area contributed by atoms with Gasteiger partial charge in [-0.25, -0.2) is 9.78 Å². The number of ether oxygens (including phenoxy) is 1. The molecule has 6 nitrogen and oxygen atoms in total. The maximum atomic E-state index is 12.4. The Hall–Kier alpha value is -2.41. The maximum Gasteiger partial charge on any atom is 0.412 e. The average molecular weight is 359 g/mol. The molecule has 0 spiro atoms. The predicted octanol–water partition coefficient (Wildman–Crippen LogP) is 4.23. The molecule has 2 amide bonds. The quantitative estimate of drug-likeness (QED) is 0.859. The van der Waals surface area contributed by atoms with E-state index in [0.717, 1.165) is 25.0 Å². The number of anilines is 2. The summed E-state index contributed by atoms with van der Waals surface area (Å²) in [4.78, 5) is 30.0. The molecule has 1 aromatic carbocycles. The summed E-state index contributed by atoms with van der Waals surface area (Å²) >= 11 is 1.53. The van der Waals surface area contributed by atoms with Crippen molar-refractivity contribution in [3.63, 3.8) is 0 Å². The summed E-state index contributed by atoms with van der Waals surface area (Å²) in [6.07, 6.45) is 2.61. The molecule has 3 rings (SSSR count). The number of hydrogen-bond donors (Lipinski definition) is 2. The first-order valence-corrected chi connectivity index (χ1v) is 9.02. The van der Waals surface area contributed by atoms with Crippen LogP contribution >= 0.6 is 11.3 Å². The zero-order valence-corrected chi connectivity index (χ0v) is 15.3. The van der Waals surface area contributed by atoms with Gasteiger partial charge in [0.25, 0.3) is 5.91 Å². The second-order valence-electron chi connectivity index (χ2n) is 6.90. The van der Waals surface area contributed by atoms with Gasteiger partial charge in [-0.1, -0.05) is 6.07 Å². The van der Waals surface area contributed by atoms with Crippen molar-refractivity contribution in [3.8, 4) is 0 Å². The normalized spacial score (nSPS) is 13.2. The van der Waals surface area contributed by atoms with Gasteiger partial charge >= 0.3 is 6.09 Å². The number of carbonyl (C=O) groups is 2. The van der Waals surface area contributed by atoms with E-state index in [-0.39, 0.29) is 5.91 Å². The molecule has 1 heterocycles. The Morgan fingerprint density at radius 2 is 2.00 bits per heavy atom. The van der Waals surface area contributed by atoms with E-state index in [1.807, 2.05) is 0 Å². The Labute approximate surface area is 150 Å². The molecular weight excluding hydrogens is 338 g/mol. The number of carbonyl (C=O) groups excluding carboxylic acids is 2. The fourth-order valence-electron chi connectivity index (χ4n) is 2.57. The van der Waals surface area contributed by atoms with Gasteiger partial charge in [-0.05, 0) is 58.2 Å². The standard InChI is InChI=1S/C18H21N3O3S/c1-18(2,3)24-17(23)19-12-7-4-6-11(10-12)15(22)21-16-20-13-8-5-9-14(13)25-16/h4,6-7,10H,5,8-9H2,1-3H3,(H,19,23)(H,20,21,22). The molecule has 0 atom stereocenters. The fourth-order valence-corrected chi connectivity index (χ4v) is 3.62. The highest BCUT2D eigenvalue weighted by Crippen LogP contribution is 2.30. The molecule has 25 heavy (non-hydrogen) atoms. The summed E-state index contributed by atoms with van der Waals surface area (Å²) in [7, 11) is 0. The zero-order chi connectivity index (χ0) is 18.0. The van der Waals surface area contributed by atoms with E-state index in [9.17, 15) is 9.59 Å². The van der Waals surface area contributed by atoms with Crippen molar-refractivity contribution in [3.05, 3.63) is 40.4 Å². The van der Waals surface area contributed by atoms with Gasteiger partial charge in [-0.2, -0.15) is 0 Å². The SMILES string of the molecule is CC(C)(C)OC(=O)Nc1cccc(C(=O)Nc2nc3c(s2)CCC3)c1. The summed E-state index contributed by atoms with van der Waals surface area (Å²) in [5, 5.41) is 6.09. The Balaban J connectivity index is 1.65. The highest BCUT2D eigenvalue weighted by Gasteiger charge is 2.19. The first kappa shape index (κ1) is 17.4. The highest BCUT2D eigenvalue weighted by molar-refractivity contribution is 7.16. The number of nitrogens with one attached hydrogen (secondary N) is 2. The number of aryl methyl sites for hydroxylation is 2. The lowest BCUT2D eigenvalue weighted by Crippen LogP contribution is -2.27. The third-order valence-electron chi connectivity index (χ3n) is 3.59. The van der Waals surface area contributed by atoms with Crippen LogP contribution in [0.4, 0.5) is 15.6 Å². The third kappa shape index (κ3) is 4.57. The van der Waals surface area contributed by atoms with Crippen LogP contribution in [0.2, 0.25) is 0 Å². The zero-order valence-electron chi connectivity index (χ0n) is 14.5. The Morgan fingerprint density at radius 1 is 1.20 bits per heavy atom. The minimum atomic E-state index is -0.579. The molecule has 0 fully saturated rings. The number of thiazole rings is 1. The van der Waals surface area contributed by atoms with Crippen molar-refractivity contribution < 1.29 is 14.3 Å². The smallest absolute Gasteiger partial charge is 0.412 e. The number of fused-ring (bicyclic) bond motifs is 1. The van der Waals surface area contributed by atoms with Crippen molar-refractivity contribution in [1.29, 1.82) is 0 Å². The van der Waals surface area contributed by atoms with Gasteiger partial charge < -0.3 is 4.74 Å². The summed E-state index contributed by atoms with van der Waals surface area (Å²) < 4.78 is 5.21. The van der Waals surface area contributed by atoms with E-state index in [0.29, 0.717) is 16.4 Å². The topological polar surface area (TPSA) is 80.3 Å². The van der Waals surface area contributed by atoms with E-state index in [2.05, 4.69) is 15.6 Å². The Kier molecular flexibility index (Phi) is 4.76. The average Bonchev–Trinajstić information content (AvgIpc) is 3.06. The number of amides is 2. The molecule has 0 aliphatic heterocycles. The van der Waals surface area contributed by atoms with Crippen LogP contribution in [0.15, 0.2) is 24.3 Å². The van der Waals surface area contributed by atoms with Crippen molar-refractivity contribution in [2.45, 2.75) is 45.6 Å². The number of rotatable bonds is 3. The van der Waals surface area contributed by atoms with Crippen LogP contribution in [0, 0.1) is 0 Å².